The van der Waals surface area contributed by atoms with Crippen LogP contribution in [-0.4, -0.2) is 28.6 Å². The van der Waals surface area contributed by atoms with Gasteiger partial charge in [0.2, 0.25) is 6.79 Å². The Morgan fingerprint density at radius 1 is 0.906 bits per heavy atom. The number of benzene rings is 2. The number of carboxylic acid groups (broad SMARTS) is 1. The molecule has 0 amide bonds. The molecule has 0 unspecified atom stereocenters. The van der Waals surface area contributed by atoms with Crippen LogP contribution < -0.4 is 0 Å². The van der Waals surface area contributed by atoms with E-state index in [4.69, 9.17) is 18.8 Å². The van der Waals surface area contributed by atoms with Gasteiger partial charge < -0.3 is 9.84 Å². The third-order valence-electron chi connectivity index (χ3n) is 5.38. The molecule has 2 aromatic carbocycles. The van der Waals surface area contributed by atoms with Gasteiger partial charge in [-0.1, -0.05) is 66.0 Å². The van der Waals surface area contributed by atoms with Crippen molar-refractivity contribution in [2.24, 2.45) is 5.92 Å². The summed E-state index contributed by atoms with van der Waals surface area (Å²) in [4.78, 5) is 23.8. The molecule has 6 heteroatoms. The second-order valence-corrected chi connectivity index (χ2v) is 12.4. The van der Waals surface area contributed by atoms with Gasteiger partial charge in [-0.25, -0.2) is 0 Å². The number of esters is 1. The van der Waals surface area contributed by atoms with Gasteiger partial charge >= 0.3 is 5.97 Å². The summed E-state index contributed by atoms with van der Waals surface area (Å²) < 4.78 is 12.0. The number of hydrogen-bond donors (Lipinski definition) is 1. The summed E-state index contributed by atoms with van der Waals surface area (Å²) in [5.74, 6) is -0.909. The first-order chi connectivity index (χ1) is 15.2. The summed E-state index contributed by atoms with van der Waals surface area (Å²) in [6, 6.07) is 20.7. The Bertz CT molecular complexity index is 796. The highest BCUT2D eigenvalue weighted by Crippen LogP contribution is 2.71. The van der Waals surface area contributed by atoms with Gasteiger partial charge in [-0.05, 0) is 57.9 Å². The van der Waals surface area contributed by atoms with E-state index in [1.807, 2.05) is 36.4 Å². The highest BCUT2D eigenvalue weighted by Gasteiger charge is 2.42. The van der Waals surface area contributed by atoms with E-state index in [0.717, 1.165) is 42.4 Å². The molecule has 5 nitrogen and oxygen atoms in total. The zero-order valence-electron chi connectivity index (χ0n) is 19.6. The minimum absolute atomic E-state index is 0.00821. The molecular weight excluding hydrogens is 424 g/mol. The number of rotatable bonds is 6. The molecule has 1 aliphatic carbocycles. The molecule has 0 radical (unpaired) electrons. The Hall–Kier alpha value is -2.31. The quantitative estimate of drug-likeness (QED) is 0.379. The highest BCUT2D eigenvalue weighted by molar-refractivity contribution is 8.31. The second kappa shape index (κ2) is 12.1. The van der Waals surface area contributed by atoms with Crippen molar-refractivity contribution in [1.29, 1.82) is 0 Å². The fourth-order valence-corrected chi connectivity index (χ4v) is 7.58. The topological polar surface area (TPSA) is 72.8 Å². The van der Waals surface area contributed by atoms with Gasteiger partial charge in [0.1, 0.15) is 0 Å². The molecule has 0 aliphatic heterocycles. The van der Waals surface area contributed by atoms with E-state index in [-0.39, 0.29) is 23.4 Å². The first-order valence-corrected chi connectivity index (χ1v) is 12.7. The maximum Gasteiger partial charge on any atom is 0.311 e. The highest BCUT2D eigenvalue weighted by atomic mass is 32.3. The van der Waals surface area contributed by atoms with Crippen molar-refractivity contribution in [3.05, 3.63) is 60.7 Å². The van der Waals surface area contributed by atoms with Crippen molar-refractivity contribution in [1.82, 2.24) is 0 Å². The summed E-state index contributed by atoms with van der Waals surface area (Å²) >= 11 is 0. The number of ether oxygens (including phenoxy) is 1. The molecule has 0 bridgehead atoms. The predicted octanol–water partition coefficient (Wildman–Crippen LogP) is 6.81. The molecule has 0 saturated heterocycles. The molecule has 1 saturated carbocycles. The molecule has 1 fully saturated rings. The first-order valence-electron chi connectivity index (χ1n) is 11.1. The molecule has 0 spiro atoms. The lowest BCUT2D eigenvalue weighted by molar-refractivity contribution is -0.156. The lowest BCUT2D eigenvalue weighted by atomic mass is 9.89. The van der Waals surface area contributed by atoms with E-state index >= 15 is 0 Å². The SMILES string of the molecule is CC(=O)O.CC(C)(C)S(OCOC(=O)C1CCCCC1)(c1ccccc1)c1ccccc1. The third kappa shape index (κ3) is 6.84. The van der Waals surface area contributed by atoms with E-state index in [1.54, 1.807) is 0 Å². The lowest BCUT2D eigenvalue weighted by Crippen LogP contribution is -2.29. The van der Waals surface area contributed by atoms with E-state index in [2.05, 4.69) is 45.0 Å². The Kier molecular flexibility index (Phi) is 9.79. The molecule has 1 aliphatic rings. The molecule has 0 aromatic heterocycles. The van der Waals surface area contributed by atoms with E-state index in [9.17, 15) is 4.79 Å². The summed E-state index contributed by atoms with van der Waals surface area (Å²) in [6.07, 6.45) is 5.33. The van der Waals surface area contributed by atoms with Crippen LogP contribution in [0.5, 0.6) is 0 Å². The van der Waals surface area contributed by atoms with Crippen LogP contribution in [0.3, 0.4) is 0 Å². The van der Waals surface area contributed by atoms with Crippen LogP contribution in [0.2, 0.25) is 0 Å². The van der Waals surface area contributed by atoms with Crippen molar-refractivity contribution >= 4 is 22.2 Å². The predicted molar refractivity (Wildman–Crippen MR) is 129 cm³/mol. The Labute approximate surface area is 193 Å². The average Bonchev–Trinajstić information content (AvgIpc) is 2.77. The number of carbonyl (C=O) groups is 2. The van der Waals surface area contributed by atoms with E-state index in [0.29, 0.717) is 0 Å². The number of carbonyl (C=O) groups excluding carboxylic acids is 1. The smallest absolute Gasteiger partial charge is 0.311 e. The van der Waals surface area contributed by atoms with Crippen LogP contribution in [-0.2, 0) is 18.5 Å². The van der Waals surface area contributed by atoms with Gasteiger partial charge in [-0.3, -0.25) is 13.8 Å². The maximum absolute atomic E-state index is 12.5. The van der Waals surface area contributed by atoms with Gasteiger partial charge in [0.05, 0.1) is 5.92 Å². The standard InChI is InChI=1S/C24H32O3S.C2H4O2/c1-24(2,3)28(21-15-9-5-10-16-21,22-17-11-6-12-18-22)27-19-26-23(25)20-13-7-4-8-14-20;1-2(3)4/h5-6,9-12,15-18,20H,4,7-8,13-14,19H2,1-3H3;1H3,(H,3,4). The monoisotopic (exact) mass is 460 g/mol. The number of hydrogen-bond acceptors (Lipinski definition) is 4. The van der Waals surface area contributed by atoms with Gasteiger partial charge in [0.15, 0.2) is 0 Å². The molecular formula is C26H36O5S. The molecule has 0 heterocycles. The summed E-state index contributed by atoms with van der Waals surface area (Å²) in [6.45, 7) is 7.67. The molecule has 3 rings (SSSR count). The van der Waals surface area contributed by atoms with E-state index in [1.165, 1.54) is 6.42 Å². The van der Waals surface area contributed by atoms with Crippen molar-refractivity contribution < 1.29 is 23.6 Å². The van der Waals surface area contributed by atoms with Crippen molar-refractivity contribution in [2.45, 2.75) is 74.3 Å². The lowest BCUT2D eigenvalue weighted by Gasteiger charge is -2.49. The van der Waals surface area contributed by atoms with Gasteiger partial charge in [0.25, 0.3) is 5.97 Å². The summed E-state index contributed by atoms with van der Waals surface area (Å²) in [5, 5.41) is 7.42. The second-order valence-electron chi connectivity index (χ2n) is 8.85. The Morgan fingerprint density at radius 3 is 1.75 bits per heavy atom. The minimum atomic E-state index is -1.87. The molecule has 2 aromatic rings. The zero-order valence-corrected chi connectivity index (χ0v) is 20.4. The minimum Gasteiger partial charge on any atom is -0.481 e. The van der Waals surface area contributed by atoms with Crippen LogP contribution in [0, 0.1) is 5.92 Å². The summed E-state index contributed by atoms with van der Waals surface area (Å²) in [7, 11) is -1.87. The normalized spacial score (nSPS) is 15.2. The van der Waals surface area contributed by atoms with Crippen LogP contribution >= 0.6 is 10.3 Å². The molecule has 0 atom stereocenters. The van der Waals surface area contributed by atoms with Crippen molar-refractivity contribution in [3.63, 3.8) is 0 Å². The maximum atomic E-state index is 12.5. The van der Waals surface area contributed by atoms with Crippen molar-refractivity contribution in [3.8, 4) is 0 Å². The molecule has 1 N–H and O–H groups in total. The van der Waals surface area contributed by atoms with Crippen LogP contribution in [0.4, 0.5) is 0 Å². The zero-order chi connectivity index (χ0) is 23.6. The van der Waals surface area contributed by atoms with Gasteiger partial charge in [-0.15, -0.1) is 0 Å². The Morgan fingerprint density at radius 2 is 1.34 bits per heavy atom. The molecule has 32 heavy (non-hydrogen) atoms. The third-order valence-corrected chi connectivity index (χ3v) is 9.42. The summed E-state index contributed by atoms with van der Waals surface area (Å²) in [5.41, 5.74) is 0. The molecule has 176 valence electrons. The fraction of sp³-hybridized carbons (Fsp3) is 0.462. The van der Waals surface area contributed by atoms with Gasteiger partial charge in [0, 0.05) is 21.5 Å². The number of aliphatic carboxylic acids is 1. The van der Waals surface area contributed by atoms with Crippen molar-refractivity contribution in [2.75, 3.05) is 6.79 Å². The van der Waals surface area contributed by atoms with Crippen LogP contribution in [0.25, 0.3) is 0 Å². The Balaban J connectivity index is 0.000000837. The fourth-order valence-electron chi connectivity index (χ4n) is 3.99. The number of carboxylic acids is 1. The van der Waals surface area contributed by atoms with Crippen LogP contribution in [0.1, 0.15) is 59.8 Å². The van der Waals surface area contributed by atoms with E-state index < -0.39 is 16.3 Å². The van der Waals surface area contributed by atoms with Crippen LogP contribution in [0.15, 0.2) is 70.5 Å². The van der Waals surface area contributed by atoms with Gasteiger partial charge in [-0.2, -0.15) is 0 Å². The first kappa shape index (κ1) is 25.9. The average molecular weight is 461 g/mol. The largest absolute Gasteiger partial charge is 0.481 e.